The summed E-state index contributed by atoms with van der Waals surface area (Å²) in [5.74, 6) is -0.274. The van der Waals surface area contributed by atoms with Gasteiger partial charge in [-0.1, -0.05) is 0 Å². The molecule has 1 aromatic carbocycles. The van der Waals surface area contributed by atoms with E-state index >= 15 is 0 Å². The molecule has 7 heteroatoms. The molecule has 1 aliphatic heterocycles. The standard InChI is InChI=1S/C12H14F3N3O/c13-12(14,15)7-3-4-9(8(16)6-7)18-11(19)10-2-1-5-17-10/h3-4,6,10,17H,1-2,5,16H2,(H,18,19). The molecule has 0 saturated carbocycles. The highest BCUT2D eigenvalue weighted by Gasteiger charge is 2.31. The van der Waals surface area contributed by atoms with Crippen molar-refractivity contribution >= 4 is 17.3 Å². The van der Waals surface area contributed by atoms with E-state index in [1.54, 1.807) is 0 Å². The van der Waals surface area contributed by atoms with Gasteiger partial charge in [0.05, 0.1) is 23.0 Å². The van der Waals surface area contributed by atoms with Gasteiger partial charge >= 0.3 is 6.18 Å². The molecule has 1 heterocycles. The number of carbonyl (C=O) groups is 1. The minimum Gasteiger partial charge on any atom is -0.397 e. The van der Waals surface area contributed by atoms with Crippen LogP contribution < -0.4 is 16.4 Å². The van der Waals surface area contributed by atoms with E-state index in [1.807, 2.05) is 0 Å². The number of alkyl halides is 3. The number of nitrogens with two attached hydrogens (primary N) is 1. The van der Waals surface area contributed by atoms with Crippen LogP contribution >= 0.6 is 0 Å². The second kappa shape index (κ2) is 5.08. The van der Waals surface area contributed by atoms with Crippen molar-refractivity contribution in [1.29, 1.82) is 0 Å². The van der Waals surface area contributed by atoms with Crippen LogP contribution in [0.3, 0.4) is 0 Å². The van der Waals surface area contributed by atoms with E-state index in [0.717, 1.165) is 25.1 Å². The molecule has 1 unspecified atom stereocenters. The molecule has 4 N–H and O–H groups in total. The van der Waals surface area contributed by atoms with E-state index < -0.39 is 11.7 Å². The number of hydrogen-bond acceptors (Lipinski definition) is 3. The summed E-state index contributed by atoms with van der Waals surface area (Å²) in [4.78, 5) is 11.8. The van der Waals surface area contributed by atoms with Crippen molar-refractivity contribution in [3.05, 3.63) is 23.8 Å². The van der Waals surface area contributed by atoms with Crippen LogP contribution in [0.1, 0.15) is 18.4 Å². The Morgan fingerprint density at radius 2 is 2.16 bits per heavy atom. The number of benzene rings is 1. The molecule has 1 fully saturated rings. The number of anilines is 2. The molecule has 1 aliphatic rings. The number of rotatable bonds is 2. The Hall–Kier alpha value is -1.76. The van der Waals surface area contributed by atoms with Crippen LogP contribution in [0.2, 0.25) is 0 Å². The highest BCUT2D eigenvalue weighted by Crippen LogP contribution is 2.32. The number of hydrogen-bond donors (Lipinski definition) is 3. The molecular formula is C12H14F3N3O. The van der Waals surface area contributed by atoms with Gasteiger partial charge in [0, 0.05) is 0 Å². The van der Waals surface area contributed by atoms with E-state index in [9.17, 15) is 18.0 Å². The maximum Gasteiger partial charge on any atom is 0.416 e. The topological polar surface area (TPSA) is 67.1 Å². The summed E-state index contributed by atoms with van der Waals surface area (Å²) in [6, 6.07) is 2.58. The van der Waals surface area contributed by atoms with Crippen molar-refractivity contribution in [2.75, 3.05) is 17.6 Å². The fourth-order valence-corrected chi connectivity index (χ4v) is 1.98. The van der Waals surface area contributed by atoms with Gasteiger partial charge in [-0.2, -0.15) is 13.2 Å². The number of nitrogen functional groups attached to an aromatic ring is 1. The van der Waals surface area contributed by atoms with Gasteiger partial charge in [-0.3, -0.25) is 4.79 Å². The zero-order valence-corrected chi connectivity index (χ0v) is 10.1. The largest absolute Gasteiger partial charge is 0.416 e. The summed E-state index contributed by atoms with van der Waals surface area (Å²) in [5.41, 5.74) is 4.80. The van der Waals surface area contributed by atoms with E-state index in [-0.39, 0.29) is 23.3 Å². The monoisotopic (exact) mass is 273 g/mol. The molecule has 2 rings (SSSR count). The summed E-state index contributed by atoms with van der Waals surface area (Å²) in [7, 11) is 0. The van der Waals surface area contributed by atoms with Crippen LogP contribution in [0, 0.1) is 0 Å². The molecule has 1 saturated heterocycles. The predicted molar refractivity (Wildman–Crippen MR) is 65.5 cm³/mol. The van der Waals surface area contributed by atoms with Crippen molar-refractivity contribution in [1.82, 2.24) is 5.32 Å². The second-order valence-corrected chi connectivity index (χ2v) is 4.44. The summed E-state index contributed by atoms with van der Waals surface area (Å²) in [6.45, 7) is 0.764. The number of halogens is 3. The Balaban J connectivity index is 2.11. The van der Waals surface area contributed by atoms with Gasteiger partial charge in [0.2, 0.25) is 5.91 Å². The SMILES string of the molecule is Nc1cc(C(F)(F)F)ccc1NC(=O)C1CCCN1. The van der Waals surface area contributed by atoms with Gasteiger partial charge in [-0.15, -0.1) is 0 Å². The van der Waals surface area contributed by atoms with Crippen molar-refractivity contribution in [2.45, 2.75) is 25.1 Å². The molecule has 1 atom stereocenters. The molecule has 0 radical (unpaired) electrons. The molecule has 1 amide bonds. The van der Waals surface area contributed by atoms with Gasteiger partial charge in [-0.25, -0.2) is 0 Å². The smallest absolute Gasteiger partial charge is 0.397 e. The van der Waals surface area contributed by atoms with Gasteiger partial charge in [0.15, 0.2) is 0 Å². The minimum absolute atomic E-state index is 0.0961. The van der Waals surface area contributed by atoms with E-state index in [2.05, 4.69) is 10.6 Å². The Labute approximate surface area is 108 Å². The van der Waals surface area contributed by atoms with Gasteiger partial charge < -0.3 is 16.4 Å². The third-order valence-electron chi connectivity index (χ3n) is 3.01. The first-order valence-electron chi connectivity index (χ1n) is 5.89. The summed E-state index contributed by atoms with van der Waals surface area (Å²) >= 11 is 0. The summed E-state index contributed by atoms with van der Waals surface area (Å²) in [5, 5.41) is 5.54. The third kappa shape index (κ3) is 3.17. The highest BCUT2D eigenvalue weighted by atomic mass is 19.4. The minimum atomic E-state index is -4.44. The summed E-state index contributed by atoms with van der Waals surface area (Å²) in [6.07, 6.45) is -2.82. The van der Waals surface area contributed by atoms with Gasteiger partial charge in [-0.05, 0) is 37.6 Å². The molecule has 4 nitrogen and oxygen atoms in total. The lowest BCUT2D eigenvalue weighted by molar-refractivity contribution is -0.137. The van der Waals surface area contributed by atoms with Crippen LogP contribution in [-0.2, 0) is 11.0 Å². The van der Waals surface area contributed by atoms with Gasteiger partial charge in [0.1, 0.15) is 0 Å². The average Bonchev–Trinajstić information content (AvgIpc) is 2.84. The molecule has 1 aromatic rings. The molecule has 19 heavy (non-hydrogen) atoms. The fraction of sp³-hybridized carbons (Fsp3) is 0.417. The molecule has 0 aromatic heterocycles. The maximum absolute atomic E-state index is 12.5. The van der Waals surface area contributed by atoms with E-state index in [0.29, 0.717) is 6.42 Å². The van der Waals surface area contributed by atoms with E-state index in [1.165, 1.54) is 6.07 Å². The van der Waals surface area contributed by atoms with Crippen LogP contribution in [0.15, 0.2) is 18.2 Å². The van der Waals surface area contributed by atoms with Crippen molar-refractivity contribution < 1.29 is 18.0 Å². The quantitative estimate of drug-likeness (QED) is 0.722. The van der Waals surface area contributed by atoms with Crippen LogP contribution in [0.25, 0.3) is 0 Å². The zero-order chi connectivity index (χ0) is 14.0. The lowest BCUT2D eigenvalue weighted by Crippen LogP contribution is -2.35. The Morgan fingerprint density at radius 1 is 1.42 bits per heavy atom. The van der Waals surface area contributed by atoms with Crippen LogP contribution in [0.4, 0.5) is 24.5 Å². The Morgan fingerprint density at radius 3 is 2.68 bits per heavy atom. The second-order valence-electron chi connectivity index (χ2n) is 4.44. The lowest BCUT2D eigenvalue weighted by atomic mass is 10.1. The Kier molecular flexibility index (Phi) is 3.66. The normalized spacial score (nSPS) is 19.4. The number of amides is 1. The molecule has 0 spiro atoms. The molecule has 0 aliphatic carbocycles. The highest BCUT2D eigenvalue weighted by molar-refractivity contribution is 5.97. The predicted octanol–water partition coefficient (Wildman–Crippen LogP) is 1.98. The van der Waals surface area contributed by atoms with Crippen molar-refractivity contribution in [2.24, 2.45) is 0 Å². The number of nitrogens with one attached hydrogen (secondary N) is 2. The molecular weight excluding hydrogens is 259 g/mol. The number of carbonyl (C=O) groups excluding carboxylic acids is 1. The molecule has 0 bridgehead atoms. The van der Waals surface area contributed by atoms with Crippen LogP contribution in [-0.4, -0.2) is 18.5 Å². The van der Waals surface area contributed by atoms with Crippen molar-refractivity contribution in [3.8, 4) is 0 Å². The maximum atomic E-state index is 12.5. The van der Waals surface area contributed by atoms with Gasteiger partial charge in [0.25, 0.3) is 0 Å². The summed E-state index contributed by atoms with van der Waals surface area (Å²) < 4.78 is 37.4. The first-order chi connectivity index (χ1) is 8.88. The van der Waals surface area contributed by atoms with Crippen molar-refractivity contribution in [3.63, 3.8) is 0 Å². The first kappa shape index (κ1) is 13.7. The first-order valence-corrected chi connectivity index (χ1v) is 5.89. The molecule has 104 valence electrons. The van der Waals surface area contributed by atoms with Crippen LogP contribution in [0.5, 0.6) is 0 Å². The fourth-order valence-electron chi connectivity index (χ4n) is 1.98. The lowest BCUT2D eigenvalue weighted by Gasteiger charge is -2.14. The van der Waals surface area contributed by atoms with E-state index in [4.69, 9.17) is 5.73 Å². The zero-order valence-electron chi connectivity index (χ0n) is 10.1. The Bertz CT molecular complexity index is 482. The third-order valence-corrected chi connectivity index (χ3v) is 3.01. The average molecular weight is 273 g/mol.